The smallest absolute Gasteiger partial charge is 0.226 e. The lowest BCUT2D eigenvalue weighted by atomic mass is 10.2. The Labute approximate surface area is 148 Å². The normalized spacial score (nSPS) is 10.3. The fraction of sp³-hybridized carbons (Fsp3) is 0.222. The minimum absolute atomic E-state index is 0.184. The molecule has 0 spiro atoms. The van der Waals surface area contributed by atoms with Gasteiger partial charge in [0.1, 0.15) is 5.75 Å². The molecule has 0 saturated carbocycles. The summed E-state index contributed by atoms with van der Waals surface area (Å²) in [7, 11) is 1.45. The van der Waals surface area contributed by atoms with Crippen molar-refractivity contribution in [3.05, 3.63) is 53.8 Å². The number of hydrogen-bond donors (Lipinski definition) is 1. The van der Waals surface area contributed by atoms with Crippen LogP contribution in [0.3, 0.4) is 0 Å². The van der Waals surface area contributed by atoms with Crippen molar-refractivity contribution in [1.29, 1.82) is 0 Å². The van der Waals surface area contributed by atoms with Crippen molar-refractivity contribution in [3.63, 3.8) is 0 Å². The van der Waals surface area contributed by atoms with E-state index in [0.29, 0.717) is 11.4 Å². The molecule has 0 saturated heterocycles. The van der Waals surface area contributed by atoms with Crippen molar-refractivity contribution < 1.29 is 27.5 Å². The molecule has 0 aliphatic rings. The third-order valence-corrected chi connectivity index (χ3v) is 3.63. The molecule has 138 valence electrons. The van der Waals surface area contributed by atoms with Gasteiger partial charge in [-0.3, -0.25) is 9.59 Å². The van der Waals surface area contributed by atoms with Crippen molar-refractivity contribution in [2.45, 2.75) is 13.3 Å². The van der Waals surface area contributed by atoms with Gasteiger partial charge >= 0.3 is 0 Å². The van der Waals surface area contributed by atoms with Gasteiger partial charge in [0.05, 0.1) is 18.5 Å². The third kappa shape index (κ3) is 4.33. The van der Waals surface area contributed by atoms with Crippen LogP contribution in [-0.2, 0) is 9.59 Å². The molecule has 0 atom stereocenters. The van der Waals surface area contributed by atoms with Crippen LogP contribution in [0.5, 0.6) is 5.75 Å². The summed E-state index contributed by atoms with van der Waals surface area (Å²) in [6.07, 6.45) is -0.184. The predicted octanol–water partition coefficient (Wildman–Crippen LogP) is 3.49. The van der Waals surface area contributed by atoms with Gasteiger partial charge in [0.2, 0.25) is 11.8 Å². The van der Waals surface area contributed by atoms with Crippen molar-refractivity contribution >= 4 is 23.2 Å². The van der Waals surface area contributed by atoms with E-state index in [2.05, 4.69) is 5.32 Å². The second-order valence-corrected chi connectivity index (χ2v) is 5.36. The second kappa shape index (κ2) is 8.37. The molecule has 0 aliphatic carbocycles. The van der Waals surface area contributed by atoms with Crippen LogP contribution in [-0.4, -0.2) is 25.5 Å². The molecule has 0 aliphatic heterocycles. The van der Waals surface area contributed by atoms with Gasteiger partial charge in [0.15, 0.2) is 17.5 Å². The summed E-state index contributed by atoms with van der Waals surface area (Å²) < 4.78 is 45.5. The van der Waals surface area contributed by atoms with E-state index in [1.807, 2.05) is 0 Å². The third-order valence-electron chi connectivity index (χ3n) is 3.63. The molecule has 26 heavy (non-hydrogen) atoms. The maximum Gasteiger partial charge on any atom is 0.226 e. The quantitative estimate of drug-likeness (QED) is 0.796. The molecular formula is C18H17F3N2O3. The molecule has 2 rings (SSSR count). The number of para-hydroxylation sites is 2. The fourth-order valence-electron chi connectivity index (χ4n) is 2.35. The maximum absolute atomic E-state index is 13.9. The highest BCUT2D eigenvalue weighted by Gasteiger charge is 2.21. The lowest BCUT2D eigenvalue weighted by molar-refractivity contribution is -0.117. The number of nitrogens with one attached hydrogen (secondary N) is 1. The Kier molecular flexibility index (Phi) is 6.21. The lowest BCUT2D eigenvalue weighted by Gasteiger charge is -2.22. The molecule has 8 heteroatoms. The van der Waals surface area contributed by atoms with Gasteiger partial charge in [-0.25, -0.2) is 13.2 Å². The van der Waals surface area contributed by atoms with Crippen LogP contribution >= 0.6 is 0 Å². The first-order valence-corrected chi connectivity index (χ1v) is 7.69. The Morgan fingerprint density at radius 3 is 2.42 bits per heavy atom. The summed E-state index contributed by atoms with van der Waals surface area (Å²) in [5, 5.41) is 2.61. The van der Waals surface area contributed by atoms with Gasteiger partial charge in [-0.05, 0) is 24.3 Å². The molecule has 2 aromatic rings. The summed E-state index contributed by atoms with van der Waals surface area (Å²) in [6.45, 7) is 0.928. The van der Waals surface area contributed by atoms with Crippen LogP contribution in [0.25, 0.3) is 0 Å². The molecule has 5 nitrogen and oxygen atoms in total. The number of carbonyl (C=O) groups is 2. The van der Waals surface area contributed by atoms with E-state index in [1.165, 1.54) is 7.11 Å². The number of nitrogens with zero attached hydrogens (tertiary/aromatic N) is 1. The first-order chi connectivity index (χ1) is 12.3. The molecule has 1 N–H and O–H groups in total. The Balaban J connectivity index is 2.11. The predicted molar refractivity (Wildman–Crippen MR) is 90.6 cm³/mol. The summed E-state index contributed by atoms with van der Waals surface area (Å²) in [6, 6.07) is 8.41. The zero-order chi connectivity index (χ0) is 19.3. The lowest BCUT2D eigenvalue weighted by Crippen LogP contribution is -2.33. The Morgan fingerprint density at radius 1 is 1.08 bits per heavy atom. The number of ether oxygens (including phenoxy) is 1. The number of methoxy groups -OCH3 is 1. The number of hydrogen-bond acceptors (Lipinski definition) is 3. The van der Waals surface area contributed by atoms with Gasteiger partial charge in [0.25, 0.3) is 0 Å². The monoisotopic (exact) mass is 366 g/mol. The van der Waals surface area contributed by atoms with E-state index in [4.69, 9.17) is 4.74 Å². The van der Waals surface area contributed by atoms with Crippen LogP contribution in [0.2, 0.25) is 0 Å². The van der Waals surface area contributed by atoms with Crippen LogP contribution < -0.4 is 15.0 Å². The highest BCUT2D eigenvalue weighted by atomic mass is 19.2. The number of halogens is 3. The highest BCUT2D eigenvalue weighted by molar-refractivity contribution is 5.95. The molecule has 0 heterocycles. The Bertz CT molecular complexity index is 827. The Hall–Kier alpha value is -3.03. The van der Waals surface area contributed by atoms with Crippen molar-refractivity contribution in [2.75, 3.05) is 23.9 Å². The average molecular weight is 366 g/mol. The minimum Gasteiger partial charge on any atom is -0.495 e. The molecular weight excluding hydrogens is 349 g/mol. The van der Waals surface area contributed by atoms with E-state index in [9.17, 15) is 22.8 Å². The molecule has 0 bridgehead atoms. The number of carbonyl (C=O) groups excluding carboxylic acids is 2. The second-order valence-electron chi connectivity index (χ2n) is 5.36. The van der Waals surface area contributed by atoms with Crippen LogP contribution in [0, 0.1) is 17.5 Å². The van der Waals surface area contributed by atoms with E-state index < -0.39 is 35.0 Å². The van der Waals surface area contributed by atoms with Crippen LogP contribution in [0.4, 0.5) is 24.5 Å². The van der Waals surface area contributed by atoms with Crippen molar-refractivity contribution in [3.8, 4) is 5.75 Å². The van der Waals surface area contributed by atoms with E-state index in [0.717, 1.165) is 24.0 Å². The summed E-state index contributed by atoms with van der Waals surface area (Å²) in [4.78, 5) is 24.7. The maximum atomic E-state index is 13.9. The van der Waals surface area contributed by atoms with E-state index >= 15 is 0 Å². The number of anilines is 2. The van der Waals surface area contributed by atoms with Crippen molar-refractivity contribution in [2.24, 2.45) is 0 Å². The van der Waals surface area contributed by atoms with E-state index in [-0.39, 0.29) is 13.0 Å². The largest absolute Gasteiger partial charge is 0.495 e. The van der Waals surface area contributed by atoms with Gasteiger partial charge in [-0.15, -0.1) is 0 Å². The zero-order valence-electron chi connectivity index (χ0n) is 14.2. The summed E-state index contributed by atoms with van der Waals surface area (Å²) in [5.41, 5.74) is 0.00914. The summed E-state index contributed by atoms with van der Waals surface area (Å²) in [5.74, 6) is -5.12. The topological polar surface area (TPSA) is 58.6 Å². The highest BCUT2D eigenvalue weighted by Crippen LogP contribution is 2.25. The number of amides is 2. The molecule has 2 aromatic carbocycles. The minimum atomic E-state index is -1.67. The first-order valence-electron chi connectivity index (χ1n) is 7.69. The first kappa shape index (κ1) is 19.3. The average Bonchev–Trinajstić information content (AvgIpc) is 2.61. The number of rotatable bonds is 6. The standard InChI is InChI=1S/C18H17F3N2O3/c1-11(24)23(14-8-7-12(19)17(20)18(14)21)10-9-16(25)22-13-5-3-4-6-15(13)26-2/h3-8H,9-10H2,1-2H3,(H,22,25). The van der Waals surface area contributed by atoms with Gasteiger partial charge in [-0.1, -0.05) is 12.1 Å². The fourth-order valence-corrected chi connectivity index (χ4v) is 2.35. The molecule has 0 unspecified atom stereocenters. The van der Waals surface area contributed by atoms with Gasteiger partial charge < -0.3 is 15.0 Å². The zero-order valence-corrected chi connectivity index (χ0v) is 14.2. The van der Waals surface area contributed by atoms with Gasteiger partial charge in [-0.2, -0.15) is 0 Å². The van der Waals surface area contributed by atoms with Crippen LogP contribution in [0.1, 0.15) is 13.3 Å². The molecule has 0 aromatic heterocycles. The molecule has 0 radical (unpaired) electrons. The van der Waals surface area contributed by atoms with Gasteiger partial charge in [0, 0.05) is 19.9 Å². The SMILES string of the molecule is COc1ccccc1NC(=O)CCN(C(C)=O)c1ccc(F)c(F)c1F. The van der Waals surface area contributed by atoms with E-state index in [1.54, 1.807) is 24.3 Å². The molecule has 0 fully saturated rings. The number of benzene rings is 2. The van der Waals surface area contributed by atoms with Crippen LogP contribution in [0.15, 0.2) is 36.4 Å². The molecule has 2 amide bonds. The van der Waals surface area contributed by atoms with Crippen molar-refractivity contribution in [1.82, 2.24) is 0 Å². The Morgan fingerprint density at radius 2 is 1.77 bits per heavy atom. The summed E-state index contributed by atoms with van der Waals surface area (Å²) >= 11 is 0.